The van der Waals surface area contributed by atoms with Gasteiger partial charge in [0.2, 0.25) is 5.78 Å². The van der Waals surface area contributed by atoms with Gasteiger partial charge in [0.05, 0.1) is 6.20 Å². The van der Waals surface area contributed by atoms with Crippen LogP contribution in [-0.4, -0.2) is 10.8 Å². The Balaban J connectivity index is 1.54. The Labute approximate surface area is 150 Å². The molecular formula is C22H16FN2O+. The number of benzene rings is 3. The first-order valence-corrected chi connectivity index (χ1v) is 8.32. The lowest BCUT2D eigenvalue weighted by molar-refractivity contribution is -0.686. The molecule has 0 unspecified atom stereocenters. The normalized spacial score (nSPS) is 10.8. The Morgan fingerprint density at radius 2 is 1.69 bits per heavy atom. The van der Waals surface area contributed by atoms with Crippen molar-refractivity contribution in [2.75, 3.05) is 0 Å². The maximum atomic E-state index is 13.0. The van der Waals surface area contributed by atoms with Crippen molar-refractivity contribution in [1.29, 1.82) is 0 Å². The zero-order chi connectivity index (χ0) is 17.9. The summed E-state index contributed by atoms with van der Waals surface area (Å²) in [7, 11) is 0. The molecule has 3 nitrogen and oxygen atoms in total. The Kier molecular flexibility index (Phi) is 4.23. The molecule has 0 saturated heterocycles. The Morgan fingerprint density at radius 3 is 2.42 bits per heavy atom. The molecule has 0 N–H and O–H groups in total. The number of rotatable bonds is 4. The van der Waals surface area contributed by atoms with E-state index in [1.54, 1.807) is 10.9 Å². The number of carbonyl (C=O) groups excluding carboxylic acids is 1. The van der Waals surface area contributed by atoms with Crippen LogP contribution in [0, 0.1) is 5.82 Å². The van der Waals surface area contributed by atoms with Crippen LogP contribution in [0.1, 0.15) is 10.4 Å². The molecule has 0 aliphatic carbocycles. The number of Topliss-reactive ketones (excluding diaryl/α,β-unsaturated/α-hetero) is 1. The van der Waals surface area contributed by atoms with E-state index in [0.717, 1.165) is 16.6 Å². The molecule has 1 heterocycles. The zero-order valence-corrected chi connectivity index (χ0v) is 14.0. The molecule has 0 spiro atoms. The SMILES string of the molecule is O=C(C[n+]1ccc(-c2ccc3ccccc3c2)nc1)c1ccc(F)cc1. The van der Waals surface area contributed by atoms with Gasteiger partial charge in [-0.1, -0.05) is 30.3 Å². The lowest BCUT2D eigenvalue weighted by Gasteiger charge is -2.02. The second kappa shape index (κ2) is 6.84. The van der Waals surface area contributed by atoms with Gasteiger partial charge in [-0.3, -0.25) is 4.79 Å². The largest absolute Gasteiger partial charge is 0.290 e. The summed E-state index contributed by atoms with van der Waals surface area (Å²) >= 11 is 0. The van der Waals surface area contributed by atoms with Crippen molar-refractivity contribution in [1.82, 2.24) is 4.98 Å². The fourth-order valence-corrected chi connectivity index (χ4v) is 2.89. The summed E-state index contributed by atoms with van der Waals surface area (Å²) in [6.07, 6.45) is 3.48. The highest BCUT2D eigenvalue weighted by Gasteiger charge is 2.12. The first-order chi connectivity index (χ1) is 12.7. The van der Waals surface area contributed by atoms with Gasteiger partial charge >= 0.3 is 0 Å². The molecule has 0 amide bonds. The van der Waals surface area contributed by atoms with Crippen LogP contribution in [0.4, 0.5) is 4.39 Å². The monoisotopic (exact) mass is 343 g/mol. The van der Waals surface area contributed by atoms with Crippen LogP contribution >= 0.6 is 0 Å². The quantitative estimate of drug-likeness (QED) is 0.411. The molecule has 4 aromatic rings. The van der Waals surface area contributed by atoms with Crippen molar-refractivity contribution in [3.8, 4) is 11.3 Å². The molecule has 4 rings (SSSR count). The van der Waals surface area contributed by atoms with E-state index in [1.165, 1.54) is 29.7 Å². The fourth-order valence-electron chi connectivity index (χ4n) is 2.89. The predicted octanol–water partition coefficient (Wildman–Crippen LogP) is 4.21. The number of hydrogen-bond donors (Lipinski definition) is 0. The molecule has 1 aromatic heterocycles. The average molecular weight is 343 g/mol. The van der Waals surface area contributed by atoms with Crippen molar-refractivity contribution < 1.29 is 13.8 Å². The van der Waals surface area contributed by atoms with Gasteiger partial charge < -0.3 is 0 Å². The molecule has 0 aliphatic rings. The van der Waals surface area contributed by atoms with E-state index in [0.29, 0.717) is 5.56 Å². The van der Waals surface area contributed by atoms with E-state index >= 15 is 0 Å². The van der Waals surface area contributed by atoms with Crippen molar-refractivity contribution in [2.24, 2.45) is 0 Å². The second-order valence-electron chi connectivity index (χ2n) is 6.11. The summed E-state index contributed by atoms with van der Waals surface area (Å²) in [4.78, 5) is 16.7. The summed E-state index contributed by atoms with van der Waals surface area (Å²) in [6.45, 7) is 0.163. The van der Waals surface area contributed by atoms with E-state index in [1.807, 2.05) is 30.5 Å². The van der Waals surface area contributed by atoms with Crippen LogP contribution in [-0.2, 0) is 6.54 Å². The Morgan fingerprint density at radius 1 is 0.923 bits per heavy atom. The minimum Gasteiger partial charge on any atom is -0.290 e. The van der Waals surface area contributed by atoms with Crippen molar-refractivity contribution in [3.63, 3.8) is 0 Å². The number of aromatic nitrogens is 2. The molecule has 4 heteroatoms. The zero-order valence-electron chi connectivity index (χ0n) is 14.0. The van der Waals surface area contributed by atoms with Crippen LogP contribution < -0.4 is 4.57 Å². The minimum absolute atomic E-state index is 0.0877. The van der Waals surface area contributed by atoms with Crippen LogP contribution in [0.5, 0.6) is 0 Å². The van der Waals surface area contributed by atoms with Crippen LogP contribution in [0.3, 0.4) is 0 Å². The van der Waals surface area contributed by atoms with Crippen molar-refractivity contribution >= 4 is 16.6 Å². The van der Waals surface area contributed by atoms with Gasteiger partial charge in [-0.15, -0.1) is 0 Å². The van der Waals surface area contributed by atoms with Crippen molar-refractivity contribution in [2.45, 2.75) is 6.54 Å². The van der Waals surface area contributed by atoms with E-state index in [9.17, 15) is 9.18 Å². The lowest BCUT2D eigenvalue weighted by atomic mass is 10.1. The van der Waals surface area contributed by atoms with Gasteiger partial charge in [-0.05, 0) is 52.2 Å². The van der Waals surface area contributed by atoms with Gasteiger partial charge in [0.15, 0.2) is 12.2 Å². The first kappa shape index (κ1) is 16.1. The summed E-state index contributed by atoms with van der Waals surface area (Å²) in [5.74, 6) is -0.439. The molecule has 126 valence electrons. The third-order valence-corrected chi connectivity index (χ3v) is 4.31. The van der Waals surface area contributed by atoms with Gasteiger partial charge in [0.1, 0.15) is 5.82 Å². The minimum atomic E-state index is -0.351. The molecule has 0 atom stereocenters. The Bertz CT molecular complexity index is 1070. The van der Waals surface area contributed by atoms with Crippen LogP contribution in [0.15, 0.2) is 85.3 Å². The number of hydrogen-bond acceptors (Lipinski definition) is 2. The maximum Gasteiger partial charge on any atom is 0.287 e. The van der Waals surface area contributed by atoms with E-state index in [4.69, 9.17) is 0 Å². The number of carbonyl (C=O) groups is 1. The standard InChI is InChI=1S/C22H16FN2O/c23-20-9-7-17(8-10-20)22(26)14-25-12-11-21(24-15-25)19-6-5-16-3-1-2-4-18(16)13-19/h1-13,15H,14H2/q+1. The molecule has 3 aromatic carbocycles. The smallest absolute Gasteiger partial charge is 0.287 e. The molecule has 0 fully saturated rings. The highest BCUT2D eigenvalue weighted by Crippen LogP contribution is 2.22. The topological polar surface area (TPSA) is 33.8 Å². The lowest BCUT2D eigenvalue weighted by Crippen LogP contribution is -2.37. The van der Waals surface area contributed by atoms with Crippen LogP contribution in [0.25, 0.3) is 22.0 Å². The fraction of sp³-hybridized carbons (Fsp3) is 0.0455. The molecule has 0 radical (unpaired) electrons. The summed E-state index contributed by atoms with van der Waals surface area (Å²) in [5.41, 5.74) is 2.36. The number of fused-ring (bicyclic) bond motifs is 1. The number of nitrogens with zero attached hydrogens (tertiary/aromatic N) is 2. The number of halogens is 1. The van der Waals surface area contributed by atoms with Gasteiger partial charge in [0, 0.05) is 17.2 Å². The molecule has 26 heavy (non-hydrogen) atoms. The highest BCUT2D eigenvalue weighted by molar-refractivity contribution is 5.95. The number of ketones is 1. The average Bonchev–Trinajstić information content (AvgIpc) is 2.68. The molecular weight excluding hydrogens is 327 g/mol. The van der Waals surface area contributed by atoms with Crippen LogP contribution in [0.2, 0.25) is 0 Å². The summed E-state index contributed by atoms with van der Waals surface area (Å²) < 4.78 is 14.7. The third-order valence-electron chi connectivity index (χ3n) is 4.31. The summed E-state index contributed by atoms with van der Waals surface area (Å²) in [6, 6.07) is 21.9. The van der Waals surface area contributed by atoms with Gasteiger partial charge in [-0.2, -0.15) is 0 Å². The van der Waals surface area contributed by atoms with Crippen molar-refractivity contribution in [3.05, 3.63) is 96.7 Å². The van der Waals surface area contributed by atoms with Gasteiger partial charge in [-0.25, -0.2) is 8.96 Å². The first-order valence-electron chi connectivity index (χ1n) is 8.32. The van der Waals surface area contributed by atoms with Gasteiger partial charge in [0.25, 0.3) is 6.33 Å². The van der Waals surface area contributed by atoms with E-state index < -0.39 is 0 Å². The summed E-state index contributed by atoms with van der Waals surface area (Å²) in [5, 5.41) is 2.35. The molecule has 0 saturated carbocycles. The predicted molar refractivity (Wildman–Crippen MR) is 98.1 cm³/mol. The van der Waals surface area contributed by atoms with E-state index in [-0.39, 0.29) is 18.1 Å². The molecule has 0 bridgehead atoms. The Hall–Kier alpha value is -3.40. The second-order valence-corrected chi connectivity index (χ2v) is 6.11. The third kappa shape index (κ3) is 3.35. The van der Waals surface area contributed by atoms with E-state index in [2.05, 4.69) is 29.2 Å². The maximum absolute atomic E-state index is 13.0. The highest BCUT2D eigenvalue weighted by atomic mass is 19.1. The molecule has 0 aliphatic heterocycles.